The predicted octanol–water partition coefficient (Wildman–Crippen LogP) is 3.31. The summed E-state index contributed by atoms with van der Waals surface area (Å²) in [4.78, 5) is 37.4. The molecule has 146 valence electrons. The molecule has 0 saturated carbocycles. The molecule has 28 heavy (non-hydrogen) atoms. The van der Waals surface area contributed by atoms with Crippen LogP contribution in [0.5, 0.6) is 0 Å². The first-order chi connectivity index (χ1) is 13.3. The largest absolute Gasteiger partial charge is 0.481 e. The summed E-state index contributed by atoms with van der Waals surface area (Å²) in [6.07, 6.45) is 0.714. The summed E-state index contributed by atoms with van der Waals surface area (Å²) in [5.74, 6) is -1.46. The van der Waals surface area contributed by atoms with E-state index in [0.717, 1.165) is 22.4 Å². The lowest BCUT2D eigenvalue weighted by molar-refractivity contribution is -0.137. The average Bonchev–Trinajstić information content (AvgIpc) is 3.05. The van der Waals surface area contributed by atoms with Crippen LogP contribution in [0.1, 0.15) is 29.5 Å². The van der Waals surface area contributed by atoms with Gasteiger partial charge in [0.25, 0.3) is 0 Å². The minimum absolute atomic E-state index is 0.0436. The number of hydrogen-bond donors (Lipinski definition) is 2. The zero-order valence-electron chi connectivity index (χ0n) is 16.1. The molecule has 2 aromatic carbocycles. The fraction of sp³-hybridized carbons (Fsp3) is 0.318. The van der Waals surface area contributed by atoms with E-state index in [9.17, 15) is 14.4 Å². The number of benzene rings is 2. The van der Waals surface area contributed by atoms with Gasteiger partial charge in [0.05, 0.1) is 5.92 Å². The summed E-state index contributed by atoms with van der Waals surface area (Å²) in [7, 11) is 0. The lowest BCUT2D eigenvalue weighted by atomic mass is 10.1. The van der Waals surface area contributed by atoms with Crippen molar-refractivity contribution in [1.29, 1.82) is 0 Å². The number of carboxylic acid groups (broad SMARTS) is 1. The van der Waals surface area contributed by atoms with Gasteiger partial charge in [0, 0.05) is 30.8 Å². The van der Waals surface area contributed by atoms with Crippen molar-refractivity contribution in [3.8, 4) is 0 Å². The molecule has 1 heterocycles. The molecule has 0 spiro atoms. The van der Waals surface area contributed by atoms with Crippen molar-refractivity contribution in [3.63, 3.8) is 0 Å². The normalized spacial score (nSPS) is 16.3. The zero-order valence-corrected chi connectivity index (χ0v) is 16.1. The van der Waals surface area contributed by atoms with Gasteiger partial charge in [0.2, 0.25) is 11.8 Å². The Kier molecular flexibility index (Phi) is 5.78. The highest BCUT2D eigenvalue weighted by Gasteiger charge is 2.35. The Morgan fingerprint density at radius 1 is 1.14 bits per heavy atom. The highest BCUT2D eigenvalue weighted by Crippen LogP contribution is 2.30. The van der Waals surface area contributed by atoms with Gasteiger partial charge in [-0.25, -0.2) is 0 Å². The van der Waals surface area contributed by atoms with Gasteiger partial charge in [0.1, 0.15) is 0 Å². The molecule has 0 aliphatic carbocycles. The van der Waals surface area contributed by atoms with Crippen LogP contribution >= 0.6 is 0 Å². The highest BCUT2D eigenvalue weighted by molar-refractivity contribution is 6.03. The van der Waals surface area contributed by atoms with E-state index in [1.807, 2.05) is 32.0 Å². The van der Waals surface area contributed by atoms with Crippen LogP contribution in [0, 0.1) is 19.8 Å². The standard InChI is InChI=1S/C22H24N2O4/c1-14-4-3-5-19(15(14)2)24-13-17(12-20(24)25)22(28)23-18-9-6-16(7-10-18)8-11-21(26)27/h3-7,9-10,17H,8,11-13H2,1-2H3,(H,23,28)(H,26,27). The molecule has 0 aromatic heterocycles. The van der Waals surface area contributed by atoms with E-state index in [-0.39, 0.29) is 24.7 Å². The lowest BCUT2D eigenvalue weighted by Gasteiger charge is -2.20. The second-order valence-electron chi connectivity index (χ2n) is 7.20. The van der Waals surface area contributed by atoms with Gasteiger partial charge in [-0.2, -0.15) is 0 Å². The molecule has 1 aliphatic rings. The molecule has 6 nitrogen and oxygen atoms in total. The SMILES string of the molecule is Cc1cccc(N2CC(C(=O)Nc3ccc(CCC(=O)O)cc3)CC2=O)c1C. The van der Waals surface area contributed by atoms with E-state index in [2.05, 4.69) is 5.32 Å². The van der Waals surface area contributed by atoms with E-state index in [1.54, 1.807) is 29.2 Å². The molecule has 3 rings (SSSR count). The fourth-order valence-corrected chi connectivity index (χ4v) is 3.39. The third-order valence-electron chi connectivity index (χ3n) is 5.21. The number of amides is 2. The smallest absolute Gasteiger partial charge is 0.303 e. The molecule has 2 N–H and O–H groups in total. The monoisotopic (exact) mass is 380 g/mol. The Labute approximate surface area is 164 Å². The number of aliphatic carboxylic acids is 1. The third-order valence-corrected chi connectivity index (χ3v) is 5.21. The number of aryl methyl sites for hydroxylation is 2. The summed E-state index contributed by atoms with van der Waals surface area (Å²) in [6, 6.07) is 13.0. The molecule has 1 fully saturated rings. The van der Waals surface area contributed by atoms with Gasteiger partial charge < -0.3 is 15.3 Å². The first-order valence-electron chi connectivity index (χ1n) is 9.33. The quantitative estimate of drug-likeness (QED) is 0.805. The third kappa shape index (κ3) is 4.39. The molecule has 1 saturated heterocycles. The number of rotatable bonds is 6. The Bertz CT molecular complexity index is 905. The summed E-state index contributed by atoms with van der Waals surface area (Å²) in [5.41, 5.74) is 4.57. The van der Waals surface area contributed by atoms with Crippen molar-refractivity contribution in [2.75, 3.05) is 16.8 Å². The van der Waals surface area contributed by atoms with Crippen molar-refractivity contribution in [2.45, 2.75) is 33.1 Å². The predicted molar refractivity (Wildman–Crippen MR) is 107 cm³/mol. The van der Waals surface area contributed by atoms with Gasteiger partial charge in [-0.15, -0.1) is 0 Å². The molecule has 2 aromatic rings. The van der Waals surface area contributed by atoms with E-state index in [0.29, 0.717) is 18.7 Å². The molecule has 1 aliphatic heterocycles. The summed E-state index contributed by atoms with van der Waals surface area (Å²) >= 11 is 0. The van der Waals surface area contributed by atoms with Crippen LogP contribution < -0.4 is 10.2 Å². The first-order valence-corrected chi connectivity index (χ1v) is 9.33. The van der Waals surface area contributed by atoms with Crippen molar-refractivity contribution >= 4 is 29.2 Å². The second-order valence-corrected chi connectivity index (χ2v) is 7.20. The Morgan fingerprint density at radius 2 is 1.86 bits per heavy atom. The molecule has 2 amide bonds. The molecule has 0 radical (unpaired) electrons. The number of carboxylic acids is 1. The Hall–Kier alpha value is -3.15. The van der Waals surface area contributed by atoms with Crippen LogP contribution in [0.4, 0.5) is 11.4 Å². The van der Waals surface area contributed by atoms with E-state index in [4.69, 9.17) is 5.11 Å². The zero-order chi connectivity index (χ0) is 20.3. The highest BCUT2D eigenvalue weighted by atomic mass is 16.4. The Morgan fingerprint density at radius 3 is 2.54 bits per heavy atom. The van der Waals surface area contributed by atoms with Gasteiger partial charge in [-0.05, 0) is 55.2 Å². The molecular weight excluding hydrogens is 356 g/mol. The molecule has 0 bridgehead atoms. The first kappa shape index (κ1) is 19.6. The number of carbonyl (C=O) groups is 3. The maximum Gasteiger partial charge on any atom is 0.303 e. The van der Waals surface area contributed by atoms with E-state index < -0.39 is 11.9 Å². The van der Waals surface area contributed by atoms with Crippen molar-refractivity contribution in [2.24, 2.45) is 5.92 Å². The molecule has 6 heteroatoms. The number of hydrogen-bond acceptors (Lipinski definition) is 3. The maximum absolute atomic E-state index is 12.6. The van der Waals surface area contributed by atoms with Crippen molar-refractivity contribution in [3.05, 3.63) is 59.2 Å². The summed E-state index contributed by atoms with van der Waals surface area (Å²) < 4.78 is 0. The minimum atomic E-state index is -0.836. The average molecular weight is 380 g/mol. The van der Waals surface area contributed by atoms with Crippen molar-refractivity contribution in [1.82, 2.24) is 0 Å². The topological polar surface area (TPSA) is 86.7 Å². The van der Waals surface area contributed by atoms with Crippen LogP contribution in [0.25, 0.3) is 0 Å². The number of carbonyl (C=O) groups excluding carboxylic acids is 2. The van der Waals surface area contributed by atoms with Crippen LogP contribution in [0.2, 0.25) is 0 Å². The van der Waals surface area contributed by atoms with Crippen LogP contribution in [0.3, 0.4) is 0 Å². The Balaban J connectivity index is 1.63. The summed E-state index contributed by atoms with van der Waals surface area (Å²) in [6.45, 7) is 4.35. The minimum Gasteiger partial charge on any atom is -0.481 e. The lowest BCUT2D eigenvalue weighted by Crippen LogP contribution is -2.28. The number of nitrogens with zero attached hydrogens (tertiary/aromatic N) is 1. The van der Waals surface area contributed by atoms with Crippen LogP contribution in [-0.4, -0.2) is 29.4 Å². The molecular formula is C22H24N2O4. The van der Waals surface area contributed by atoms with Gasteiger partial charge in [-0.3, -0.25) is 14.4 Å². The van der Waals surface area contributed by atoms with E-state index >= 15 is 0 Å². The summed E-state index contributed by atoms with van der Waals surface area (Å²) in [5, 5.41) is 11.6. The number of anilines is 2. The van der Waals surface area contributed by atoms with Gasteiger partial charge in [0.15, 0.2) is 0 Å². The maximum atomic E-state index is 12.6. The number of nitrogens with one attached hydrogen (secondary N) is 1. The molecule has 1 atom stereocenters. The van der Waals surface area contributed by atoms with Crippen molar-refractivity contribution < 1.29 is 19.5 Å². The molecule has 1 unspecified atom stereocenters. The van der Waals surface area contributed by atoms with Crippen LogP contribution in [-0.2, 0) is 20.8 Å². The second kappa shape index (κ2) is 8.25. The van der Waals surface area contributed by atoms with E-state index in [1.165, 1.54) is 0 Å². The van der Waals surface area contributed by atoms with Crippen LogP contribution in [0.15, 0.2) is 42.5 Å². The fourth-order valence-electron chi connectivity index (χ4n) is 3.39. The van der Waals surface area contributed by atoms with Gasteiger partial charge in [-0.1, -0.05) is 24.3 Å². The van der Waals surface area contributed by atoms with Gasteiger partial charge >= 0.3 is 5.97 Å².